The Morgan fingerprint density at radius 1 is 1.54 bits per heavy atom. The third-order valence-electron chi connectivity index (χ3n) is 0.981. The zero-order valence-corrected chi connectivity index (χ0v) is 7.31. The molecule has 74 valence electrons. The van der Waals surface area contributed by atoms with Crippen molar-refractivity contribution in [1.29, 1.82) is 10.8 Å². The molecule has 13 heavy (non-hydrogen) atoms. The summed E-state index contributed by atoms with van der Waals surface area (Å²) in [7, 11) is 0. The lowest BCUT2D eigenvalue weighted by Crippen LogP contribution is -2.43. The molecule has 0 saturated heterocycles. The first-order chi connectivity index (χ1) is 6.06. The fourth-order valence-electron chi connectivity index (χ4n) is 0.523. The molecule has 0 aliphatic heterocycles. The summed E-state index contributed by atoms with van der Waals surface area (Å²) in [6.07, 6.45) is 0.953. The van der Waals surface area contributed by atoms with Gasteiger partial charge in [-0.15, -0.1) is 0 Å². The van der Waals surface area contributed by atoms with Crippen LogP contribution < -0.4 is 16.5 Å². The Bertz CT molecular complexity index is 215. The van der Waals surface area contributed by atoms with E-state index in [4.69, 9.17) is 16.6 Å². The Hall–Kier alpha value is -1.79. The van der Waals surface area contributed by atoms with Crippen molar-refractivity contribution in [3.63, 3.8) is 0 Å². The average molecular weight is 187 g/mol. The zero-order chi connectivity index (χ0) is 10.3. The highest BCUT2D eigenvalue weighted by atomic mass is 16.7. The van der Waals surface area contributed by atoms with Gasteiger partial charge < -0.3 is 10.6 Å². The Labute approximate surface area is 75.6 Å². The fourth-order valence-corrected chi connectivity index (χ4v) is 0.523. The predicted molar refractivity (Wildman–Crippen MR) is 46.9 cm³/mol. The van der Waals surface area contributed by atoms with Crippen molar-refractivity contribution in [3.8, 4) is 0 Å². The second-order valence-electron chi connectivity index (χ2n) is 2.24. The minimum Gasteiger partial charge on any atom is -0.370 e. The van der Waals surface area contributed by atoms with Gasteiger partial charge in [0, 0.05) is 6.42 Å². The molecule has 7 nitrogen and oxygen atoms in total. The van der Waals surface area contributed by atoms with Gasteiger partial charge in [0.05, 0.1) is 0 Å². The van der Waals surface area contributed by atoms with Crippen molar-refractivity contribution in [2.24, 2.45) is 5.73 Å². The van der Waals surface area contributed by atoms with Crippen LogP contribution in [-0.2, 0) is 9.63 Å². The number of carbonyl (C=O) groups excluding carboxylic acids is 1. The summed E-state index contributed by atoms with van der Waals surface area (Å²) in [5.41, 5.74) is 6.91. The van der Waals surface area contributed by atoms with Crippen LogP contribution in [0.4, 0.5) is 0 Å². The monoisotopic (exact) mass is 187 g/mol. The molecule has 7 heteroatoms. The average Bonchev–Trinajstić information content (AvgIpc) is 2.00. The Morgan fingerprint density at radius 3 is 2.62 bits per heavy atom. The van der Waals surface area contributed by atoms with Crippen LogP contribution in [0.15, 0.2) is 0 Å². The van der Waals surface area contributed by atoms with E-state index in [1.807, 2.05) is 12.4 Å². The van der Waals surface area contributed by atoms with Gasteiger partial charge in [-0.1, -0.05) is 6.92 Å². The maximum absolute atomic E-state index is 10.7. The van der Waals surface area contributed by atoms with Crippen molar-refractivity contribution in [1.82, 2.24) is 10.8 Å². The van der Waals surface area contributed by atoms with Gasteiger partial charge in [0.15, 0.2) is 5.96 Å². The summed E-state index contributed by atoms with van der Waals surface area (Å²) in [6.45, 7) is 1.83. The highest BCUT2D eigenvalue weighted by molar-refractivity contribution is 5.94. The molecule has 0 aliphatic carbocycles. The zero-order valence-electron chi connectivity index (χ0n) is 7.31. The largest absolute Gasteiger partial charge is 0.370 e. The number of nitrogens with one attached hydrogen (secondary N) is 4. The standard InChI is InChI=1S/C6H13N5O2/c1-2-3-4(12)13-11-6(9)10-5(7)8/h2-3H2,1H3,(H6,7,8,9,10,11). The number of hydrogen-bond donors (Lipinski definition) is 5. The van der Waals surface area contributed by atoms with Gasteiger partial charge in [-0.05, 0) is 6.42 Å². The molecule has 0 aliphatic rings. The smallest absolute Gasteiger partial charge is 0.332 e. The first-order valence-corrected chi connectivity index (χ1v) is 3.71. The van der Waals surface area contributed by atoms with E-state index in [9.17, 15) is 4.79 Å². The molecule has 0 amide bonds. The van der Waals surface area contributed by atoms with Crippen LogP contribution in [0.25, 0.3) is 0 Å². The van der Waals surface area contributed by atoms with E-state index < -0.39 is 11.9 Å². The van der Waals surface area contributed by atoms with Crippen LogP contribution >= 0.6 is 0 Å². The van der Waals surface area contributed by atoms with Crippen LogP contribution in [0.5, 0.6) is 0 Å². The molecular formula is C6H13N5O2. The number of hydroxylamine groups is 1. The molecule has 0 heterocycles. The van der Waals surface area contributed by atoms with Crippen molar-refractivity contribution in [3.05, 3.63) is 0 Å². The Morgan fingerprint density at radius 2 is 2.15 bits per heavy atom. The molecule has 0 rings (SSSR count). The van der Waals surface area contributed by atoms with Gasteiger partial charge in [-0.25, -0.2) is 4.79 Å². The molecule has 0 atom stereocenters. The SMILES string of the molecule is CCCC(=O)ONC(=N)NC(=N)N. The number of guanidine groups is 2. The highest BCUT2D eigenvalue weighted by Gasteiger charge is 2.02. The minimum atomic E-state index is -0.461. The van der Waals surface area contributed by atoms with Crippen LogP contribution in [0.1, 0.15) is 19.8 Å². The van der Waals surface area contributed by atoms with Crippen LogP contribution in [0.3, 0.4) is 0 Å². The van der Waals surface area contributed by atoms with E-state index in [1.165, 1.54) is 0 Å². The lowest BCUT2D eigenvalue weighted by atomic mass is 10.3. The van der Waals surface area contributed by atoms with Crippen LogP contribution in [0.2, 0.25) is 0 Å². The molecule has 0 aromatic heterocycles. The van der Waals surface area contributed by atoms with Gasteiger partial charge >= 0.3 is 5.97 Å². The summed E-state index contributed by atoms with van der Waals surface area (Å²) in [5.74, 6) is -1.21. The van der Waals surface area contributed by atoms with Gasteiger partial charge in [0.25, 0.3) is 0 Å². The third kappa shape index (κ3) is 6.60. The predicted octanol–water partition coefficient (Wildman–Crippen LogP) is -0.748. The molecule has 0 fully saturated rings. The Balaban J connectivity index is 3.58. The van der Waals surface area contributed by atoms with Crippen LogP contribution in [-0.4, -0.2) is 17.9 Å². The molecule has 6 N–H and O–H groups in total. The molecule has 0 bridgehead atoms. The first-order valence-electron chi connectivity index (χ1n) is 3.71. The summed E-state index contributed by atoms with van der Waals surface area (Å²) in [4.78, 5) is 15.2. The summed E-state index contributed by atoms with van der Waals surface area (Å²) < 4.78 is 0. The number of hydrogen-bond acceptors (Lipinski definition) is 4. The number of rotatable bonds is 2. The lowest BCUT2D eigenvalue weighted by molar-refractivity contribution is -0.148. The molecule has 0 saturated carbocycles. The summed E-state index contributed by atoms with van der Waals surface area (Å²) in [6, 6.07) is 0. The lowest BCUT2D eigenvalue weighted by Gasteiger charge is -2.07. The number of nitrogens with two attached hydrogens (primary N) is 1. The molecule has 0 aromatic carbocycles. The van der Waals surface area contributed by atoms with E-state index in [1.54, 1.807) is 0 Å². The fraction of sp³-hybridized carbons (Fsp3) is 0.500. The summed E-state index contributed by atoms with van der Waals surface area (Å²) >= 11 is 0. The van der Waals surface area contributed by atoms with E-state index in [0.29, 0.717) is 6.42 Å². The van der Waals surface area contributed by atoms with Gasteiger partial charge in [-0.3, -0.25) is 16.1 Å². The molecule has 0 aromatic rings. The van der Waals surface area contributed by atoms with E-state index in [0.717, 1.165) is 0 Å². The molecular weight excluding hydrogens is 174 g/mol. The highest BCUT2D eigenvalue weighted by Crippen LogP contribution is 1.87. The third-order valence-corrected chi connectivity index (χ3v) is 0.981. The Kier molecular flexibility index (Phi) is 5.01. The van der Waals surface area contributed by atoms with E-state index >= 15 is 0 Å². The van der Waals surface area contributed by atoms with Crippen molar-refractivity contribution in [2.45, 2.75) is 19.8 Å². The summed E-state index contributed by atoms with van der Waals surface area (Å²) in [5, 5.41) is 15.9. The van der Waals surface area contributed by atoms with Crippen molar-refractivity contribution < 1.29 is 9.63 Å². The maximum atomic E-state index is 10.7. The topological polar surface area (TPSA) is 124 Å². The molecule has 0 radical (unpaired) electrons. The van der Waals surface area contributed by atoms with Crippen molar-refractivity contribution in [2.75, 3.05) is 0 Å². The number of carbonyl (C=O) groups is 1. The van der Waals surface area contributed by atoms with Crippen LogP contribution in [0, 0.1) is 10.8 Å². The first kappa shape index (κ1) is 11.2. The molecule has 0 unspecified atom stereocenters. The van der Waals surface area contributed by atoms with E-state index in [-0.39, 0.29) is 12.4 Å². The molecule has 0 spiro atoms. The van der Waals surface area contributed by atoms with Gasteiger partial charge in [0.1, 0.15) is 0 Å². The maximum Gasteiger partial charge on any atom is 0.332 e. The normalized spacial score (nSPS) is 8.69. The minimum absolute atomic E-state index is 0.278. The van der Waals surface area contributed by atoms with Gasteiger partial charge in [0.2, 0.25) is 5.96 Å². The van der Waals surface area contributed by atoms with E-state index in [2.05, 4.69) is 10.2 Å². The second-order valence-corrected chi connectivity index (χ2v) is 2.24. The second kappa shape index (κ2) is 5.81. The van der Waals surface area contributed by atoms with Crippen molar-refractivity contribution >= 4 is 17.9 Å². The quantitative estimate of drug-likeness (QED) is 0.221. The van der Waals surface area contributed by atoms with Gasteiger partial charge in [-0.2, -0.15) is 5.48 Å².